The zero-order valence-electron chi connectivity index (χ0n) is 16.7. The van der Waals surface area contributed by atoms with Crippen LogP contribution in [0, 0.1) is 11.6 Å². The summed E-state index contributed by atoms with van der Waals surface area (Å²) in [5, 5.41) is 10.3. The van der Waals surface area contributed by atoms with Crippen molar-refractivity contribution in [2.24, 2.45) is 7.05 Å². The summed E-state index contributed by atoms with van der Waals surface area (Å²) < 4.78 is 4.18. The first kappa shape index (κ1) is 21.3. The predicted octanol–water partition coefficient (Wildman–Crippen LogP) is 1.74. The van der Waals surface area contributed by atoms with Gasteiger partial charge in [0.25, 0.3) is 5.56 Å². The molecule has 0 bridgehead atoms. The maximum atomic E-state index is 13.3. The third-order valence-corrected chi connectivity index (χ3v) is 5.58. The van der Waals surface area contributed by atoms with Crippen LogP contribution in [0.5, 0.6) is 0 Å². The number of nitrogens with zero attached hydrogens (tertiary/aromatic N) is 5. The second-order valence-electron chi connectivity index (χ2n) is 7.03. The van der Waals surface area contributed by atoms with E-state index in [0.29, 0.717) is 27.1 Å². The van der Waals surface area contributed by atoms with Crippen LogP contribution < -0.4 is 11.2 Å². The fourth-order valence-electron chi connectivity index (χ4n) is 3.47. The van der Waals surface area contributed by atoms with Gasteiger partial charge in [-0.1, -0.05) is 23.7 Å². The van der Waals surface area contributed by atoms with Crippen molar-refractivity contribution in [3.05, 3.63) is 79.2 Å². The average Bonchev–Trinajstić information content (AvgIpc) is 3.13. The van der Waals surface area contributed by atoms with E-state index in [1.165, 1.54) is 4.57 Å². The Bertz CT molecular complexity index is 1370. The lowest BCUT2D eigenvalue weighted by atomic mass is 10.2. The van der Waals surface area contributed by atoms with Crippen LogP contribution in [0.4, 0.5) is 0 Å². The standard InChI is InChI=1S/C21H20Cl2N5O3/c1-26-19-17(20(30)27(21(26)31)9-4-10-29)28(12-14-8-7-13(22)11-24-14)18(25-19)15-5-2-3-6-16(15)23/h2-3,5-8,11,22,29H,4,9-10,12H2,1H3/q+1. The van der Waals surface area contributed by atoms with Crippen molar-refractivity contribution in [2.75, 3.05) is 6.61 Å². The number of hydrogen-bond donors (Lipinski definition) is 1. The summed E-state index contributed by atoms with van der Waals surface area (Å²) in [6.07, 6.45) is 1.86. The van der Waals surface area contributed by atoms with Crippen LogP contribution in [0.15, 0.2) is 52.2 Å². The number of aliphatic hydroxyl groups is 1. The molecule has 0 aliphatic heterocycles. The molecule has 10 heteroatoms. The minimum absolute atomic E-state index is 0.105. The molecule has 0 radical (unpaired) electrons. The summed E-state index contributed by atoms with van der Waals surface area (Å²) in [5.74, 6) is 0.455. The van der Waals surface area contributed by atoms with E-state index in [1.807, 2.05) is 12.1 Å². The smallest absolute Gasteiger partial charge is 0.332 e. The number of pyridine rings is 1. The van der Waals surface area contributed by atoms with Gasteiger partial charge in [0, 0.05) is 31.8 Å². The number of aryl methyl sites for hydroxylation is 1. The zero-order chi connectivity index (χ0) is 22.1. The number of hydrogen-bond acceptors (Lipinski definition) is 5. The van der Waals surface area contributed by atoms with Gasteiger partial charge in [0.2, 0.25) is 5.02 Å². The molecule has 160 valence electrons. The van der Waals surface area contributed by atoms with Gasteiger partial charge in [-0.2, -0.15) is 0 Å². The summed E-state index contributed by atoms with van der Waals surface area (Å²) in [4.78, 5) is 35.1. The molecule has 0 spiro atoms. The van der Waals surface area contributed by atoms with Crippen LogP contribution >= 0.6 is 11.6 Å². The molecule has 0 aliphatic carbocycles. The van der Waals surface area contributed by atoms with E-state index in [0.717, 1.165) is 4.57 Å². The lowest BCUT2D eigenvalue weighted by Gasteiger charge is -2.11. The molecule has 0 unspecified atom stereocenters. The lowest BCUT2D eigenvalue weighted by molar-refractivity contribution is -0.289. The van der Waals surface area contributed by atoms with Gasteiger partial charge in [0.15, 0.2) is 22.8 Å². The van der Waals surface area contributed by atoms with Crippen molar-refractivity contribution in [1.82, 2.24) is 23.7 Å². The highest BCUT2D eigenvalue weighted by Gasteiger charge is 2.22. The maximum absolute atomic E-state index is 13.3. The number of aromatic nitrogens is 5. The molecule has 0 aliphatic rings. The van der Waals surface area contributed by atoms with Crippen LogP contribution in [-0.2, 0) is 20.1 Å². The first-order valence-corrected chi connectivity index (χ1v) is 10.4. The minimum atomic E-state index is -0.491. The van der Waals surface area contributed by atoms with Crippen molar-refractivity contribution in [1.29, 1.82) is 0 Å². The molecular weight excluding hydrogens is 441 g/mol. The van der Waals surface area contributed by atoms with Crippen molar-refractivity contribution in [2.45, 2.75) is 19.5 Å². The third-order valence-electron chi connectivity index (χ3n) is 5.00. The van der Waals surface area contributed by atoms with Gasteiger partial charge in [-0.3, -0.25) is 18.9 Å². The Hall–Kier alpha value is -2.94. The molecule has 0 fully saturated rings. The van der Waals surface area contributed by atoms with E-state index in [4.69, 9.17) is 23.2 Å². The minimum Gasteiger partial charge on any atom is -0.396 e. The molecule has 4 aromatic rings. The van der Waals surface area contributed by atoms with Crippen LogP contribution in [-0.4, -0.2) is 35.4 Å². The highest BCUT2D eigenvalue weighted by atomic mass is 35.5. The van der Waals surface area contributed by atoms with Gasteiger partial charge in [0.1, 0.15) is 5.82 Å². The summed E-state index contributed by atoms with van der Waals surface area (Å²) in [7, 11) is 1.57. The van der Waals surface area contributed by atoms with Gasteiger partial charge in [0.05, 0.1) is 23.5 Å². The van der Waals surface area contributed by atoms with Crippen molar-refractivity contribution < 1.29 is 16.7 Å². The Morgan fingerprint density at radius 2 is 1.90 bits per heavy atom. The molecule has 0 atom stereocenters. The first-order valence-electron chi connectivity index (χ1n) is 9.60. The van der Waals surface area contributed by atoms with Gasteiger partial charge >= 0.3 is 5.69 Å². The Morgan fingerprint density at radius 1 is 1.13 bits per heavy atom. The molecule has 3 heterocycles. The van der Waals surface area contributed by atoms with E-state index in [-0.39, 0.29) is 37.3 Å². The SMILES string of the molecule is Cn1c(=O)n(CCCO)c(=O)c2c1nc(-c1ccccc1Cl)n2Cc1ccc([ClH+])cn1. The van der Waals surface area contributed by atoms with E-state index in [2.05, 4.69) is 9.97 Å². The van der Waals surface area contributed by atoms with Gasteiger partial charge in [-0.05, 0) is 24.6 Å². The van der Waals surface area contributed by atoms with Crippen LogP contribution in [0.1, 0.15) is 12.1 Å². The molecule has 1 N–H and O–H groups in total. The molecule has 0 saturated heterocycles. The number of fused-ring (bicyclic) bond motifs is 1. The fourth-order valence-corrected chi connectivity index (χ4v) is 3.81. The summed E-state index contributed by atoms with van der Waals surface area (Å²) in [6, 6.07) is 10.7. The lowest BCUT2D eigenvalue weighted by Crippen LogP contribution is -2.40. The molecule has 1 aromatic carbocycles. The van der Waals surface area contributed by atoms with Gasteiger partial charge in [-0.25, -0.2) is 9.78 Å². The average molecular weight is 461 g/mol. The Balaban J connectivity index is 2.04. The quantitative estimate of drug-likeness (QED) is 0.472. The van der Waals surface area contributed by atoms with Crippen molar-refractivity contribution >= 4 is 22.8 Å². The number of rotatable bonds is 6. The van der Waals surface area contributed by atoms with E-state index < -0.39 is 11.2 Å². The summed E-state index contributed by atoms with van der Waals surface area (Å²) in [5.41, 5.74) is 0.863. The summed E-state index contributed by atoms with van der Waals surface area (Å²) >= 11 is 11.5. The third kappa shape index (κ3) is 3.89. The highest BCUT2D eigenvalue weighted by molar-refractivity contribution is 6.33. The fraction of sp³-hybridized carbons (Fsp3) is 0.238. The molecular formula is C21H20Cl2N5O3+. The van der Waals surface area contributed by atoms with E-state index >= 15 is 0 Å². The second-order valence-corrected chi connectivity index (χ2v) is 7.91. The largest absolute Gasteiger partial charge is 0.396 e. The highest BCUT2D eigenvalue weighted by Crippen LogP contribution is 2.29. The normalized spacial score (nSPS) is 11.4. The number of aliphatic hydroxyl groups excluding tert-OH is 1. The van der Waals surface area contributed by atoms with Gasteiger partial charge in [-0.15, -0.1) is 0 Å². The molecule has 4 rings (SSSR count). The van der Waals surface area contributed by atoms with Crippen molar-refractivity contribution in [3.8, 4) is 11.4 Å². The topological polar surface area (TPSA) is 94.9 Å². The Kier molecular flexibility index (Phi) is 5.95. The van der Waals surface area contributed by atoms with E-state index in [1.54, 1.807) is 42.1 Å². The molecule has 31 heavy (non-hydrogen) atoms. The maximum Gasteiger partial charge on any atom is 0.332 e. The number of halogens is 2. The van der Waals surface area contributed by atoms with Crippen LogP contribution in [0.25, 0.3) is 22.6 Å². The molecule has 8 nitrogen and oxygen atoms in total. The zero-order valence-corrected chi connectivity index (χ0v) is 18.2. The predicted molar refractivity (Wildman–Crippen MR) is 115 cm³/mol. The molecule has 0 amide bonds. The van der Waals surface area contributed by atoms with Gasteiger partial charge < -0.3 is 9.67 Å². The monoisotopic (exact) mass is 460 g/mol. The molecule has 0 saturated carbocycles. The number of imidazole rings is 1. The second kappa shape index (κ2) is 8.66. The molecule has 3 aromatic heterocycles. The Morgan fingerprint density at radius 3 is 2.58 bits per heavy atom. The van der Waals surface area contributed by atoms with E-state index in [9.17, 15) is 14.7 Å². The van der Waals surface area contributed by atoms with Crippen LogP contribution in [0.2, 0.25) is 10.0 Å². The van der Waals surface area contributed by atoms with Crippen molar-refractivity contribution in [3.63, 3.8) is 0 Å². The Labute approximate surface area is 186 Å². The summed E-state index contributed by atoms with van der Waals surface area (Å²) in [6.45, 7) is 0.211. The number of benzene rings is 1. The first-order chi connectivity index (χ1) is 14.9. The van der Waals surface area contributed by atoms with Crippen LogP contribution in [0.3, 0.4) is 0 Å².